The summed E-state index contributed by atoms with van der Waals surface area (Å²) in [5, 5.41) is 3.44. The Morgan fingerprint density at radius 2 is 2.00 bits per heavy atom. The first-order valence-electron chi connectivity index (χ1n) is 7.00. The van der Waals surface area contributed by atoms with Gasteiger partial charge < -0.3 is 10.1 Å². The van der Waals surface area contributed by atoms with Gasteiger partial charge in [0, 0.05) is 18.2 Å². The van der Waals surface area contributed by atoms with Crippen LogP contribution < -0.4 is 5.32 Å². The zero-order valence-electron chi connectivity index (χ0n) is 12.2. The SMILES string of the molecule is CC1NCC(CC(C)(C)C)OC1c1ccccc1F. The summed E-state index contributed by atoms with van der Waals surface area (Å²) in [5.74, 6) is -0.183. The Kier molecular flexibility index (Phi) is 4.26. The van der Waals surface area contributed by atoms with Gasteiger partial charge >= 0.3 is 0 Å². The molecule has 1 aliphatic rings. The fourth-order valence-electron chi connectivity index (χ4n) is 2.65. The number of nitrogens with one attached hydrogen (secondary N) is 1. The summed E-state index contributed by atoms with van der Waals surface area (Å²) < 4.78 is 20.0. The fourth-order valence-corrected chi connectivity index (χ4v) is 2.65. The van der Waals surface area contributed by atoms with E-state index >= 15 is 0 Å². The highest BCUT2D eigenvalue weighted by atomic mass is 19.1. The van der Waals surface area contributed by atoms with Crippen LogP contribution in [0, 0.1) is 11.2 Å². The Morgan fingerprint density at radius 1 is 1.32 bits per heavy atom. The molecule has 0 bridgehead atoms. The van der Waals surface area contributed by atoms with Crippen molar-refractivity contribution in [1.82, 2.24) is 5.32 Å². The maximum atomic E-state index is 13.9. The van der Waals surface area contributed by atoms with Crippen molar-refractivity contribution in [3.05, 3.63) is 35.6 Å². The zero-order chi connectivity index (χ0) is 14.0. The molecule has 1 fully saturated rings. The van der Waals surface area contributed by atoms with Gasteiger partial charge in [-0.25, -0.2) is 4.39 Å². The van der Waals surface area contributed by atoms with Gasteiger partial charge in [0.1, 0.15) is 11.9 Å². The Balaban J connectivity index is 2.13. The van der Waals surface area contributed by atoms with E-state index in [1.807, 2.05) is 19.1 Å². The topological polar surface area (TPSA) is 21.3 Å². The van der Waals surface area contributed by atoms with Crippen LogP contribution in [-0.2, 0) is 4.74 Å². The highest BCUT2D eigenvalue weighted by Gasteiger charge is 2.32. The van der Waals surface area contributed by atoms with Crippen LogP contribution in [0.1, 0.15) is 45.8 Å². The molecular weight excluding hydrogens is 241 g/mol. The fraction of sp³-hybridized carbons (Fsp3) is 0.625. The van der Waals surface area contributed by atoms with Crippen molar-refractivity contribution in [2.75, 3.05) is 6.54 Å². The van der Waals surface area contributed by atoms with E-state index in [1.165, 1.54) is 6.07 Å². The van der Waals surface area contributed by atoms with Crippen molar-refractivity contribution in [2.45, 2.75) is 52.4 Å². The van der Waals surface area contributed by atoms with Crippen LogP contribution in [0.25, 0.3) is 0 Å². The minimum atomic E-state index is -0.206. The van der Waals surface area contributed by atoms with Gasteiger partial charge in [0.15, 0.2) is 0 Å². The van der Waals surface area contributed by atoms with Crippen molar-refractivity contribution < 1.29 is 9.13 Å². The van der Waals surface area contributed by atoms with E-state index in [2.05, 4.69) is 26.1 Å². The van der Waals surface area contributed by atoms with Gasteiger partial charge in [-0.15, -0.1) is 0 Å². The summed E-state index contributed by atoms with van der Waals surface area (Å²) in [6.07, 6.45) is 0.903. The average Bonchev–Trinajstić information content (AvgIpc) is 2.31. The molecule has 106 valence electrons. The van der Waals surface area contributed by atoms with Gasteiger partial charge in [0.25, 0.3) is 0 Å². The number of hydrogen-bond acceptors (Lipinski definition) is 2. The molecule has 1 aliphatic heterocycles. The molecule has 0 amide bonds. The predicted molar refractivity (Wildman–Crippen MR) is 75.6 cm³/mol. The Labute approximate surface area is 115 Å². The van der Waals surface area contributed by atoms with E-state index in [1.54, 1.807) is 6.07 Å². The van der Waals surface area contributed by atoms with E-state index < -0.39 is 0 Å². The average molecular weight is 265 g/mol. The first-order chi connectivity index (χ1) is 8.87. The molecule has 3 heteroatoms. The molecule has 3 unspecified atom stereocenters. The number of morpholine rings is 1. The molecule has 1 N–H and O–H groups in total. The zero-order valence-corrected chi connectivity index (χ0v) is 12.2. The maximum absolute atomic E-state index is 13.9. The molecule has 0 saturated carbocycles. The minimum Gasteiger partial charge on any atom is -0.367 e. The molecule has 1 aromatic carbocycles. The van der Waals surface area contributed by atoms with Crippen molar-refractivity contribution in [2.24, 2.45) is 5.41 Å². The summed E-state index contributed by atoms with van der Waals surface area (Å²) >= 11 is 0. The Bertz CT molecular complexity index is 427. The highest BCUT2D eigenvalue weighted by molar-refractivity contribution is 5.22. The lowest BCUT2D eigenvalue weighted by molar-refractivity contribution is -0.0768. The lowest BCUT2D eigenvalue weighted by atomic mass is 9.88. The smallest absolute Gasteiger partial charge is 0.129 e. The van der Waals surface area contributed by atoms with Gasteiger partial charge in [-0.2, -0.15) is 0 Å². The van der Waals surface area contributed by atoms with Crippen molar-refractivity contribution in [3.63, 3.8) is 0 Å². The second kappa shape index (κ2) is 5.59. The second-order valence-corrected chi connectivity index (χ2v) is 6.66. The number of ether oxygens (including phenoxy) is 1. The summed E-state index contributed by atoms with van der Waals surface area (Å²) in [4.78, 5) is 0. The van der Waals surface area contributed by atoms with Crippen LogP contribution in [0.3, 0.4) is 0 Å². The number of halogens is 1. The molecule has 1 aromatic rings. The van der Waals surface area contributed by atoms with E-state index in [0.29, 0.717) is 5.56 Å². The molecule has 1 heterocycles. The van der Waals surface area contributed by atoms with Crippen LogP contribution in [0.2, 0.25) is 0 Å². The lowest BCUT2D eigenvalue weighted by Gasteiger charge is -2.38. The maximum Gasteiger partial charge on any atom is 0.129 e. The summed E-state index contributed by atoms with van der Waals surface area (Å²) in [6.45, 7) is 9.49. The van der Waals surface area contributed by atoms with Gasteiger partial charge in [-0.1, -0.05) is 39.0 Å². The molecule has 2 rings (SSSR count). The van der Waals surface area contributed by atoms with E-state index in [9.17, 15) is 4.39 Å². The molecule has 0 radical (unpaired) electrons. The molecule has 19 heavy (non-hydrogen) atoms. The first-order valence-corrected chi connectivity index (χ1v) is 7.00. The van der Waals surface area contributed by atoms with Crippen molar-refractivity contribution in [1.29, 1.82) is 0 Å². The number of hydrogen-bond donors (Lipinski definition) is 1. The molecule has 0 aliphatic carbocycles. The van der Waals surface area contributed by atoms with E-state index in [0.717, 1.165) is 13.0 Å². The number of benzene rings is 1. The Hall–Kier alpha value is -0.930. The van der Waals surface area contributed by atoms with Gasteiger partial charge in [-0.3, -0.25) is 0 Å². The van der Waals surface area contributed by atoms with E-state index in [4.69, 9.17) is 4.74 Å². The highest BCUT2D eigenvalue weighted by Crippen LogP contribution is 2.32. The lowest BCUT2D eigenvalue weighted by Crippen LogP contribution is -2.47. The molecular formula is C16H24FNO. The monoisotopic (exact) mass is 265 g/mol. The van der Waals surface area contributed by atoms with Crippen molar-refractivity contribution in [3.8, 4) is 0 Å². The third-order valence-corrected chi connectivity index (χ3v) is 3.51. The summed E-state index contributed by atoms with van der Waals surface area (Å²) in [7, 11) is 0. The van der Waals surface area contributed by atoms with Crippen molar-refractivity contribution >= 4 is 0 Å². The molecule has 1 saturated heterocycles. The van der Waals surface area contributed by atoms with Gasteiger partial charge in [0.2, 0.25) is 0 Å². The first kappa shape index (κ1) is 14.5. The molecule has 0 spiro atoms. The Morgan fingerprint density at radius 3 is 2.63 bits per heavy atom. The largest absolute Gasteiger partial charge is 0.367 e. The summed E-state index contributed by atoms with van der Waals surface area (Å²) in [6, 6.07) is 7.03. The van der Waals surface area contributed by atoms with Gasteiger partial charge in [-0.05, 0) is 24.8 Å². The molecule has 2 nitrogen and oxygen atoms in total. The predicted octanol–water partition coefficient (Wildman–Crippen LogP) is 3.68. The summed E-state index contributed by atoms with van der Waals surface area (Å²) in [5.41, 5.74) is 0.869. The number of rotatable bonds is 2. The third-order valence-electron chi connectivity index (χ3n) is 3.51. The van der Waals surface area contributed by atoms with E-state index in [-0.39, 0.29) is 29.5 Å². The quantitative estimate of drug-likeness (QED) is 0.880. The van der Waals surface area contributed by atoms with Crippen LogP contribution in [0.5, 0.6) is 0 Å². The van der Waals surface area contributed by atoms with Crippen LogP contribution in [0.15, 0.2) is 24.3 Å². The van der Waals surface area contributed by atoms with Crippen LogP contribution in [-0.4, -0.2) is 18.7 Å². The normalized spacial score (nSPS) is 28.4. The van der Waals surface area contributed by atoms with Gasteiger partial charge in [0.05, 0.1) is 6.10 Å². The molecule has 0 aromatic heterocycles. The van der Waals surface area contributed by atoms with Crippen LogP contribution >= 0.6 is 0 Å². The minimum absolute atomic E-state index is 0.133. The standard InChI is InChI=1S/C16H24FNO/c1-11-15(13-7-5-6-8-14(13)17)19-12(10-18-11)9-16(2,3)4/h5-8,11-12,15,18H,9-10H2,1-4H3. The third kappa shape index (κ3) is 3.77. The second-order valence-electron chi connectivity index (χ2n) is 6.66. The van der Waals surface area contributed by atoms with Crippen LogP contribution in [0.4, 0.5) is 4.39 Å². The molecule has 3 atom stereocenters.